The van der Waals surface area contributed by atoms with Crippen LogP contribution in [0.2, 0.25) is 0 Å². The van der Waals surface area contributed by atoms with Gasteiger partial charge in [0.1, 0.15) is 5.60 Å². The molecule has 1 N–H and O–H groups in total. The molecule has 0 radical (unpaired) electrons. The van der Waals surface area contributed by atoms with Gasteiger partial charge in [0.05, 0.1) is 25.4 Å². The van der Waals surface area contributed by atoms with E-state index in [1.165, 1.54) is 0 Å². The molecular weight excluding hydrogens is 208 g/mol. The van der Waals surface area contributed by atoms with Gasteiger partial charge in [-0.25, -0.2) is 4.79 Å². The van der Waals surface area contributed by atoms with Gasteiger partial charge in [-0.05, 0) is 23.3 Å². The summed E-state index contributed by atoms with van der Waals surface area (Å²) in [6, 6.07) is 5.16. The molecule has 2 aliphatic rings. The second-order valence-electron chi connectivity index (χ2n) is 4.26. The monoisotopic (exact) mass is 220 g/mol. The van der Waals surface area contributed by atoms with Gasteiger partial charge in [0.2, 0.25) is 0 Å². The molecule has 1 aromatic rings. The average Bonchev–Trinajstić information content (AvgIpc) is 2.25. The predicted octanol–water partition coefficient (Wildman–Crippen LogP) is 1.53. The first kappa shape index (κ1) is 9.81. The van der Waals surface area contributed by atoms with Crippen molar-refractivity contribution >= 4 is 5.97 Å². The molecule has 1 saturated heterocycles. The van der Waals surface area contributed by atoms with Crippen LogP contribution in [0, 0.1) is 0 Å². The molecule has 1 atom stereocenters. The topological polar surface area (TPSA) is 55.8 Å². The third-order valence-electron chi connectivity index (χ3n) is 3.32. The third kappa shape index (κ3) is 1.27. The van der Waals surface area contributed by atoms with Crippen LogP contribution >= 0.6 is 0 Å². The smallest absolute Gasteiger partial charge is 0.335 e. The van der Waals surface area contributed by atoms with Gasteiger partial charge in [0.15, 0.2) is 0 Å². The van der Waals surface area contributed by atoms with E-state index in [2.05, 4.69) is 0 Å². The number of hydrogen-bond donors (Lipinski definition) is 1. The van der Waals surface area contributed by atoms with E-state index in [4.69, 9.17) is 14.6 Å². The van der Waals surface area contributed by atoms with Crippen molar-refractivity contribution < 1.29 is 19.4 Å². The van der Waals surface area contributed by atoms with Crippen molar-refractivity contribution in [2.75, 3.05) is 13.2 Å². The molecule has 0 saturated carbocycles. The number of fused-ring (bicyclic) bond motifs is 2. The third-order valence-corrected chi connectivity index (χ3v) is 3.32. The van der Waals surface area contributed by atoms with E-state index >= 15 is 0 Å². The number of carboxylic acid groups (broad SMARTS) is 1. The minimum absolute atomic E-state index is 0.315. The minimum Gasteiger partial charge on any atom is -0.478 e. The summed E-state index contributed by atoms with van der Waals surface area (Å²) in [7, 11) is 0. The quantitative estimate of drug-likeness (QED) is 0.779. The number of ether oxygens (including phenoxy) is 2. The van der Waals surface area contributed by atoms with Crippen LogP contribution in [0.4, 0.5) is 0 Å². The Bertz CT molecular complexity index is 448. The first-order valence-electron chi connectivity index (χ1n) is 5.30. The van der Waals surface area contributed by atoms with Gasteiger partial charge in [0.25, 0.3) is 0 Å². The highest BCUT2D eigenvalue weighted by Crippen LogP contribution is 2.42. The number of rotatable bonds is 1. The number of hydrogen-bond acceptors (Lipinski definition) is 3. The van der Waals surface area contributed by atoms with E-state index in [1.807, 2.05) is 6.07 Å². The lowest BCUT2D eigenvalue weighted by molar-refractivity contribution is -0.199. The van der Waals surface area contributed by atoms with Gasteiger partial charge in [-0.2, -0.15) is 0 Å². The minimum atomic E-state index is -0.899. The van der Waals surface area contributed by atoms with Crippen LogP contribution in [-0.2, 0) is 21.7 Å². The molecular formula is C12H12O4. The summed E-state index contributed by atoms with van der Waals surface area (Å²) in [4.78, 5) is 10.9. The molecule has 1 spiro atoms. The highest BCUT2D eigenvalue weighted by atomic mass is 16.6. The van der Waals surface area contributed by atoms with Gasteiger partial charge in [-0.15, -0.1) is 0 Å². The van der Waals surface area contributed by atoms with Gasteiger partial charge in [-0.1, -0.05) is 6.07 Å². The molecule has 2 heterocycles. The lowest BCUT2D eigenvalue weighted by Crippen LogP contribution is -2.47. The fourth-order valence-corrected chi connectivity index (χ4v) is 2.34. The van der Waals surface area contributed by atoms with E-state index in [0.29, 0.717) is 18.8 Å². The van der Waals surface area contributed by atoms with Crippen molar-refractivity contribution in [2.45, 2.75) is 18.6 Å². The molecule has 1 fully saturated rings. The molecule has 84 valence electrons. The zero-order chi connectivity index (χ0) is 11.2. The second-order valence-corrected chi connectivity index (χ2v) is 4.26. The molecule has 3 rings (SSSR count). The number of carboxylic acids is 1. The van der Waals surface area contributed by atoms with Crippen molar-refractivity contribution in [3.63, 3.8) is 0 Å². The van der Waals surface area contributed by atoms with Crippen molar-refractivity contribution in [3.05, 3.63) is 34.9 Å². The SMILES string of the molecule is O=C(O)c1ccc2c(c1)C1(CCO1)COC2. The zero-order valence-electron chi connectivity index (χ0n) is 8.73. The van der Waals surface area contributed by atoms with Crippen molar-refractivity contribution in [3.8, 4) is 0 Å². The molecule has 2 aliphatic heterocycles. The Morgan fingerprint density at radius 2 is 2.25 bits per heavy atom. The number of carbonyl (C=O) groups is 1. The van der Waals surface area contributed by atoms with Crippen molar-refractivity contribution in [1.82, 2.24) is 0 Å². The Morgan fingerprint density at radius 1 is 1.44 bits per heavy atom. The molecule has 1 unspecified atom stereocenters. The molecule has 16 heavy (non-hydrogen) atoms. The predicted molar refractivity (Wildman–Crippen MR) is 55.3 cm³/mol. The van der Waals surface area contributed by atoms with E-state index in [-0.39, 0.29) is 5.60 Å². The summed E-state index contributed by atoms with van der Waals surface area (Å²) in [6.45, 7) is 1.80. The molecule has 0 aliphatic carbocycles. The molecule has 4 nitrogen and oxygen atoms in total. The summed E-state index contributed by atoms with van der Waals surface area (Å²) >= 11 is 0. The maximum absolute atomic E-state index is 10.9. The number of aromatic carboxylic acids is 1. The van der Waals surface area contributed by atoms with Crippen LogP contribution in [0.15, 0.2) is 18.2 Å². The van der Waals surface area contributed by atoms with Crippen LogP contribution in [-0.4, -0.2) is 24.3 Å². The summed E-state index contributed by atoms with van der Waals surface area (Å²) in [5, 5.41) is 8.98. The van der Waals surface area contributed by atoms with Crippen molar-refractivity contribution in [1.29, 1.82) is 0 Å². The van der Waals surface area contributed by atoms with Crippen LogP contribution in [0.1, 0.15) is 27.9 Å². The van der Waals surface area contributed by atoms with Gasteiger partial charge in [0, 0.05) is 6.42 Å². The van der Waals surface area contributed by atoms with Crippen LogP contribution in [0.5, 0.6) is 0 Å². The maximum atomic E-state index is 10.9. The van der Waals surface area contributed by atoms with Gasteiger partial charge in [-0.3, -0.25) is 0 Å². The summed E-state index contributed by atoms with van der Waals surface area (Å²) in [6.07, 6.45) is 0.906. The van der Waals surface area contributed by atoms with E-state index < -0.39 is 5.97 Å². The van der Waals surface area contributed by atoms with Crippen LogP contribution < -0.4 is 0 Å². The fraction of sp³-hybridized carbons (Fsp3) is 0.417. The Labute approximate surface area is 92.8 Å². The number of benzene rings is 1. The average molecular weight is 220 g/mol. The van der Waals surface area contributed by atoms with Crippen LogP contribution in [0.25, 0.3) is 0 Å². The summed E-state index contributed by atoms with van der Waals surface area (Å²) in [5.41, 5.74) is 1.97. The Hall–Kier alpha value is -1.39. The van der Waals surface area contributed by atoms with Crippen LogP contribution in [0.3, 0.4) is 0 Å². The maximum Gasteiger partial charge on any atom is 0.335 e. The standard InChI is InChI=1S/C12H12O4/c13-11(14)8-1-2-9-6-15-7-12(3-4-16-12)10(9)5-8/h1-2,5H,3-4,6-7H2,(H,13,14). The Kier molecular flexibility index (Phi) is 2.02. The Balaban J connectivity index is 2.10. The first-order chi connectivity index (χ1) is 7.71. The van der Waals surface area contributed by atoms with E-state index in [9.17, 15) is 4.79 Å². The lowest BCUT2D eigenvalue weighted by Gasteiger charge is -2.45. The van der Waals surface area contributed by atoms with Gasteiger partial charge < -0.3 is 14.6 Å². The second kappa shape index (κ2) is 3.30. The highest BCUT2D eigenvalue weighted by Gasteiger charge is 2.44. The first-order valence-corrected chi connectivity index (χ1v) is 5.30. The lowest BCUT2D eigenvalue weighted by atomic mass is 9.82. The molecule has 0 amide bonds. The zero-order valence-corrected chi connectivity index (χ0v) is 8.73. The largest absolute Gasteiger partial charge is 0.478 e. The highest BCUT2D eigenvalue weighted by molar-refractivity contribution is 5.88. The molecule has 1 aromatic carbocycles. The molecule has 4 heteroatoms. The molecule has 0 aromatic heterocycles. The molecule has 0 bridgehead atoms. The summed E-state index contributed by atoms with van der Waals surface area (Å²) < 4.78 is 11.1. The van der Waals surface area contributed by atoms with E-state index in [0.717, 1.165) is 24.2 Å². The summed E-state index contributed by atoms with van der Waals surface area (Å²) in [5.74, 6) is -0.899. The normalized spacial score (nSPS) is 27.2. The Morgan fingerprint density at radius 3 is 2.88 bits per heavy atom. The van der Waals surface area contributed by atoms with Gasteiger partial charge >= 0.3 is 5.97 Å². The van der Waals surface area contributed by atoms with Crippen molar-refractivity contribution in [2.24, 2.45) is 0 Å². The fourth-order valence-electron chi connectivity index (χ4n) is 2.34. The van der Waals surface area contributed by atoms with E-state index in [1.54, 1.807) is 12.1 Å².